The molecule has 4 heteroatoms. The number of hydrogen-bond acceptors (Lipinski definition) is 2. The minimum Gasteiger partial charge on any atom is -0.309 e. The molecule has 0 unspecified atom stereocenters. The molecule has 10 aromatic carbocycles. The molecule has 0 N–H and O–H groups in total. The molecule has 0 aliphatic heterocycles. The SMILES string of the molecule is c1ccc(-n2c3ccccc3c3cc(-c4ccc5c6ccccc6n(-c6nc(-c7cc8ccccc8c8ccccc78)c7ccccc7n6)c5c4)c4ccccc4c32)cc1. The molecule has 0 bridgehead atoms. The van der Waals surface area contributed by atoms with Gasteiger partial charge in [0.15, 0.2) is 0 Å². The highest BCUT2D eigenvalue weighted by molar-refractivity contribution is 6.23. The zero-order valence-electron chi connectivity index (χ0n) is 32.4. The Morgan fingerprint density at radius 1 is 0.317 bits per heavy atom. The molecule has 0 spiro atoms. The molecule has 3 heterocycles. The van der Waals surface area contributed by atoms with Crippen molar-refractivity contribution in [2.75, 3.05) is 0 Å². The molecule has 13 aromatic rings. The fourth-order valence-electron chi connectivity index (χ4n) is 9.88. The molecule has 0 saturated heterocycles. The third-order valence-electron chi connectivity index (χ3n) is 12.5. The summed E-state index contributed by atoms with van der Waals surface area (Å²) in [5.41, 5.74) is 11.0. The van der Waals surface area contributed by atoms with Gasteiger partial charge >= 0.3 is 0 Å². The Morgan fingerprint density at radius 2 is 0.883 bits per heavy atom. The van der Waals surface area contributed by atoms with Gasteiger partial charge in [0.05, 0.1) is 33.3 Å². The van der Waals surface area contributed by atoms with Crippen LogP contribution in [0.1, 0.15) is 0 Å². The van der Waals surface area contributed by atoms with E-state index < -0.39 is 0 Å². The summed E-state index contributed by atoms with van der Waals surface area (Å²) in [5.74, 6) is 0.649. The van der Waals surface area contributed by atoms with E-state index in [1.807, 2.05) is 0 Å². The van der Waals surface area contributed by atoms with Gasteiger partial charge < -0.3 is 4.57 Å². The van der Waals surface area contributed by atoms with Crippen LogP contribution in [0.25, 0.3) is 121 Å². The molecule has 0 amide bonds. The van der Waals surface area contributed by atoms with Crippen molar-refractivity contribution in [3.63, 3.8) is 0 Å². The molecule has 60 heavy (non-hydrogen) atoms. The van der Waals surface area contributed by atoms with E-state index in [2.05, 4.69) is 215 Å². The zero-order chi connectivity index (χ0) is 39.3. The lowest BCUT2D eigenvalue weighted by molar-refractivity contribution is 1.01. The van der Waals surface area contributed by atoms with Gasteiger partial charge in [0, 0.05) is 43.6 Å². The van der Waals surface area contributed by atoms with Gasteiger partial charge in [-0.25, -0.2) is 9.97 Å². The first-order chi connectivity index (χ1) is 29.8. The third kappa shape index (κ3) is 4.73. The summed E-state index contributed by atoms with van der Waals surface area (Å²) in [6.45, 7) is 0. The van der Waals surface area contributed by atoms with E-state index in [-0.39, 0.29) is 0 Å². The van der Waals surface area contributed by atoms with Gasteiger partial charge in [0.1, 0.15) is 0 Å². The standard InChI is InChI=1S/C56H34N4/c1-2-17-37(18-3-1)59-51-28-14-12-24-43(51)49-34-47(41-22-8-9-25-45(41)55(49)59)36-30-31-44-42-23-11-15-29-52(42)60(53(44)33-36)56-57-50-27-13-10-26-46(50)54(58-56)48-32-35-16-4-5-19-38(35)39-20-6-7-21-40(39)48/h1-34H. The summed E-state index contributed by atoms with van der Waals surface area (Å²) >= 11 is 0. The van der Waals surface area contributed by atoms with Crippen LogP contribution in [-0.4, -0.2) is 19.1 Å². The normalized spacial score (nSPS) is 12.0. The van der Waals surface area contributed by atoms with Crippen LogP contribution in [0.4, 0.5) is 0 Å². The Balaban J connectivity index is 1.10. The van der Waals surface area contributed by atoms with E-state index in [0.29, 0.717) is 5.95 Å². The molecule has 278 valence electrons. The fraction of sp³-hybridized carbons (Fsp3) is 0. The van der Waals surface area contributed by atoms with Gasteiger partial charge in [-0.2, -0.15) is 0 Å². The van der Waals surface area contributed by atoms with Crippen LogP contribution in [-0.2, 0) is 0 Å². The number of para-hydroxylation sites is 4. The van der Waals surface area contributed by atoms with Crippen molar-refractivity contribution in [3.05, 3.63) is 206 Å². The van der Waals surface area contributed by atoms with Crippen molar-refractivity contribution in [2.45, 2.75) is 0 Å². The molecule has 4 nitrogen and oxygen atoms in total. The summed E-state index contributed by atoms with van der Waals surface area (Å²) in [4.78, 5) is 10.9. The van der Waals surface area contributed by atoms with Gasteiger partial charge in [-0.3, -0.25) is 4.57 Å². The van der Waals surface area contributed by atoms with E-state index in [0.717, 1.165) is 49.8 Å². The second kappa shape index (κ2) is 12.7. The lowest BCUT2D eigenvalue weighted by Crippen LogP contribution is -2.03. The molecule has 0 saturated carbocycles. The molecule has 0 aliphatic carbocycles. The highest BCUT2D eigenvalue weighted by Crippen LogP contribution is 2.43. The van der Waals surface area contributed by atoms with Crippen molar-refractivity contribution in [2.24, 2.45) is 0 Å². The maximum absolute atomic E-state index is 5.58. The van der Waals surface area contributed by atoms with E-state index >= 15 is 0 Å². The molecule has 0 radical (unpaired) electrons. The Hall–Kier alpha value is -8.08. The van der Waals surface area contributed by atoms with Gasteiger partial charge in [-0.1, -0.05) is 158 Å². The monoisotopic (exact) mass is 762 g/mol. The summed E-state index contributed by atoms with van der Waals surface area (Å²) in [5, 5.41) is 13.1. The second-order valence-corrected chi connectivity index (χ2v) is 15.7. The molecular weight excluding hydrogens is 729 g/mol. The lowest BCUT2D eigenvalue weighted by Gasteiger charge is -2.15. The molecule has 0 aliphatic rings. The van der Waals surface area contributed by atoms with Crippen molar-refractivity contribution >= 4 is 86.8 Å². The summed E-state index contributed by atoms with van der Waals surface area (Å²) in [6.07, 6.45) is 0. The molecule has 13 rings (SSSR count). The van der Waals surface area contributed by atoms with E-state index in [9.17, 15) is 0 Å². The average Bonchev–Trinajstić information content (AvgIpc) is 3.84. The minimum atomic E-state index is 0.649. The van der Waals surface area contributed by atoms with Crippen LogP contribution < -0.4 is 0 Å². The number of benzene rings is 10. The number of fused-ring (bicyclic) bond motifs is 12. The lowest BCUT2D eigenvalue weighted by atomic mass is 9.94. The first-order valence-corrected chi connectivity index (χ1v) is 20.5. The van der Waals surface area contributed by atoms with Gasteiger partial charge in [-0.15, -0.1) is 0 Å². The summed E-state index contributed by atoms with van der Waals surface area (Å²) in [7, 11) is 0. The smallest absolute Gasteiger partial charge is 0.235 e. The van der Waals surface area contributed by atoms with Gasteiger partial charge in [0.2, 0.25) is 5.95 Å². The number of aromatic nitrogens is 4. The van der Waals surface area contributed by atoms with Crippen molar-refractivity contribution < 1.29 is 0 Å². The fourth-order valence-corrected chi connectivity index (χ4v) is 9.88. The van der Waals surface area contributed by atoms with Gasteiger partial charge in [0.25, 0.3) is 0 Å². The summed E-state index contributed by atoms with van der Waals surface area (Å²) < 4.78 is 4.70. The number of nitrogens with zero attached hydrogens (tertiary/aromatic N) is 4. The molecule has 0 atom stereocenters. The van der Waals surface area contributed by atoms with Crippen LogP contribution >= 0.6 is 0 Å². The average molecular weight is 763 g/mol. The molecule has 0 fully saturated rings. The minimum absolute atomic E-state index is 0.649. The second-order valence-electron chi connectivity index (χ2n) is 15.7. The Bertz CT molecular complexity index is 3890. The molecule has 3 aromatic heterocycles. The first kappa shape index (κ1) is 32.9. The van der Waals surface area contributed by atoms with Crippen LogP contribution in [0.15, 0.2) is 206 Å². The van der Waals surface area contributed by atoms with E-state index in [1.165, 1.54) is 65.1 Å². The zero-order valence-corrected chi connectivity index (χ0v) is 32.4. The maximum Gasteiger partial charge on any atom is 0.235 e. The topological polar surface area (TPSA) is 35.6 Å². The van der Waals surface area contributed by atoms with Crippen LogP contribution in [0.2, 0.25) is 0 Å². The Kier molecular flexibility index (Phi) is 6.98. The Labute approximate surface area is 344 Å². The number of hydrogen-bond donors (Lipinski definition) is 0. The van der Waals surface area contributed by atoms with Crippen molar-refractivity contribution in [1.82, 2.24) is 19.1 Å². The van der Waals surface area contributed by atoms with Crippen LogP contribution in [0.3, 0.4) is 0 Å². The number of rotatable bonds is 4. The third-order valence-corrected chi connectivity index (χ3v) is 12.5. The van der Waals surface area contributed by atoms with Gasteiger partial charge in [-0.05, 0) is 86.6 Å². The Morgan fingerprint density at radius 3 is 1.67 bits per heavy atom. The van der Waals surface area contributed by atoms with E-state index in [1.54, 1.807) is 0 Å². The quantitative estimate of drug-likeness (QED) is 0.167. The van der Waals surface area contributed by atoms with E-state index in [4.69, 9.17) is 9.97 Å². The summed E-state index contributed by atoms with van der Waals surface area (Å²) in [6, 6.07) is 74.4. The van der Waals surface area contributed by atoms with Crippen molar-refractivity contribution in [1.29, 1.82) is 0 Å². The van der Waals surface area contributed by atoms with Crippen LogP contribution in [0.5, 0.6) is 0 Å². The predicted octanol–water partition coefficient (Wildman–Crippen LogP) is 14.6. The molecular formula is C56H34N4. The predicted molar refractivity (Wildman–Crippen MR) is 252 cm³/mol. The largest absolute Gasteiger partial charge is 0.309 e. The highest BCUT2D eigenvalue weighted by Gasteiger charge is 2.22. The maximum atomic E-state index is 5.58. The highest BCUT2D eigenvalue weighted by atomic mass is 15.2. The van der Waals surface area contributed by atoms with Crippen molar-refractivity contribution in [3.8, 4) is 34.0 Å². The van der Waals surface area contributed by atoms with Crippen LogP contribution in [0, 0.1) is 0 Å². The first-order valence-electron chi connectivity index (χ1n) is 20.5.